The minimum atomic E-state index is -0.346. The molecule has 0 radical (unpaired) electrons. The van der Waals surface area contributed by atoms with Crippen molar-refractivity contribution in [2.75, 3.05) is 19.6 Å². The van der Waals surface area contributed by atoms with E-state index in [1.54, 1.807) is 0 Å². The van der Waals surface area contributed by atoms with E-state index in [2.05, 4.69) is 17.1 Å². The van der Waals surface area contributed by atoms with Crippen molar-refractivity contribution in [3.8, 4) is 0 Å². The molecule has 1 aliphatic heterocycles. The lowest BCUT2D eigenvalue weighted by Gasteiger charge is -2.30. The Morgan fingerprint density at radius 3 is 2.28 bits per heavy atom. The third-order valence-corrected chi connectivity index (χ3v) is 3.66. The van der Waals surface area contributed by atoms with Gasteiger partial charge in [-0.1, -0.05) is 20.8 Å². The molecular weight excluding hydrogens is 228 g/mol. The molecule has 1 amide bonds. The molecule has 1 heterocycles. The van der Waals surface area contributed by atoms with Gasteiger partial charge in [-0.05, 0) is 44.7 Å². The quantitative estimate of drug-likeness (QED) is 0.808. The summed E-state index contributed by atoms with van der Waals surface area (Å²) in [6, 6.07) is -0.346. The molecule has 4 heteroatoms. The zero-order valence-corrected chi connectivity index (χ0v) is 12.0. The number of rotatable bonds is 5. The fourth-order valence-electron chi connectivity index (χ4n) is 2.38. The van der Waals surface area contributed by atoms with Gasteiger partial charge in [0.25, 0.3) is 0 Å². The van der Waals surface area contributed by atoms with Gasteiger partial charge in [0.1, 0.15) is 0 Å². The van der Waals surface area contributed by atoms with Crippen molar-refractivity contribution in [2.24, 2.45) is 11.8 Å². The molecule has 0 aliphatic carbocycles. The number of likely N-dealkylation sites (tertiary alicyclic amines) is 1. The fraction of sp³-hybridized carbons (Fsp3) is 0.857. The molecule has 1 saturated heterocycles. The first-order chi connectivity index (χ1) is 8.40. The Kier molecular flexibility index (Phi) is 5.79. The number of carbonyl (C=O) groups is 2. The first-order valence-corrected chi connectivity index (χ1v) is 6.92. The molecule has 1 N–H and O–H groups in total. The highest BCUT2D eigenvalue weighted by atomic mass is 16.2. The smallest absolute Gasteiger partial charge is 0.234 e. The standard InChI is InChI=1S/C14H26N2O2/c1-10(2)14(12(4)17)15-13(18)9-16-7-5-11(3)6-8-16/h10-11,14H,5-9H2,1-4H3,(H,15,18). The van der Waals surface area contributed by atoms with Crippen molar-refractivity contribution in [3.05, 3.63) is 0 Å². The number of Topliss-reactive ketones (excluding diaryl/α,β-unsaturated/α-hetero) is 1. The van der Waals surface area contributed by atoms with Gasteiger partial charge in [-0.2, -0.15) is 0 Å². The Labute approximate surface area is 110 Å². The van der Waals surface area contributed by atoms with Gasteiger partial charge in [0.15, 0.2) is 5.78 Å². The highest BCUT2D eigenvalue weighted by molar-refractivity contribution is 5.88. The highest BCUT2D eigenvalue weighted by Crippen LogP contribution is 2.15. The van der Waals surface area contributed by atoms with E-state index in [9.17, 15) is 9.59 Å². The summed E-state index contributed by atoms with van der Waals surface area (Å²) in [5, 5.41) is 2.84. The van der Waals surface area contributed by atoms with Gasteiger partial charge in [0.05, 0.1) is 12.6 Å². The van der Waals surface area contributed by atoms with Gasteiger partial charge in [0.2, 0.25) is 5.91 Å². The number of piperidine rings is 1. The summed E-state index contributed by atoms with van der Waals surface area (Å²) >= 11 is 0. The number of amides is 1. The second-order valence-corrected chi connectivity index (χ2v) is 5.86. The Morgan fingerprint density at radius 1 is 1.28 bits per heavy atom. The maximum atomic E-state index is 11.9. The van der Waals surface area contributed by atoms with Crippen LogP contribution >= 0.6 is 0 Å². The van der Waals surface area contributed by atoms with Crippen LogP contribution in [0, 0.1) is 11.8 Å². The molecular formula is C14H26N2O2. The number of nitrogens with one attached hydrogen (secondary N) is 1. The van der Waals surface area contributed by atoms with Crippen molar-refractivity contribution in [3.63, 3.8) is 0 Å². The van der Waals surface area contributed by atoms with Gasteiger partial charge < -0.3 is 5.32 Å². The van der Waals surface area contributed by atoms with Crippen LogP contribution in [0.1, 0.15) is 40.5 Å². The molecule has 1 atom stereocenters. The minimum absolute atomic E-state index is 0.0292. The van der Waals surface area contributed by atoms with Gasteiger partial charge >= 0.3 is 0 Å². The maximum Gasteiger partial charge on any atom is 0.234 e. The van der Waals surface area contributed by atoms with Crippen molar-refractivity contribution >= 4 is 11.7 Å². The summed E-state index contributed by atoms with van der Waals surface area (Å²) in [7, 11) is 0. The summed E-state index contributed by atoms with van der Waals surface area (Å²) in [5.74, 6) is 0.918. The maximum absolute atomic E-state index is 11.9. The largest absolute Gasteiger partial charge is 0.345 e. The molecule has 0 bridgehead atoms. The zero-order valence-electron chi connectivity index (χ0n) is 12.0. The first kappa shape index (κ1) is 15.2. The van der Waals surface area contributed by atoms with Crippen LogP contribution in [0.4, 0.5) is 0 Å². The normalized spacial score (nSPS) is 19.8. The van der Waals surface area contributed by atoms with Gasteiger partial charge in [-0.3, -0.25) is 14.5 Å². The number of nitrogens with zero attached hydrogens (tertiary/aromatic N) is 1. The van der Waals surface area contributed by atoms with E-state index in [1.165, 1.54) is 6.92 Å². The molecule has 1 aliphatic rings. The number of ketones is 1. The molecule has 4 nitrogen and oxygen atoms in total. The summed E-state index contributed by atoms with van der Waals surface area (Å²) in [5.41, 5.74) is 0. The lowest BCUT2D eigenvalue weighted by molar-refractivity contribution is -0.128. The Morgan fingerprint density at radius 2 is 1.83 bits per heavy atom. The van der Waals surface area contributed by atoms with E-state index in [0.717, 1.165) is 31.8 Å². The van der Waals surface area contributed by atoms with Crippen molar-refractivity contribution in [1.82, 2.24) is 10.2 Å². The molecule has 1 fully saturated rings. The van der Waals surface area contributed by atoms with Crippen molar-refractivity contribution in [1.29, 1.82) is 0 Å². The molecule has 0 aromatic rings. The van der Waals surface area contributed by atoms with Crippen LogP contribution in [0.2, 0.25) is 0 Å². The summed E-state index contributed by atoms with van der Waals surface area (Å²) in [6.07, 6.45) is 2.32. The molecule has 0 saturated carbocycles. The van der Waals surface area contributed by atoms with E-state index >= 15 is 0 Å². The van der Waals surface area contributed by atoms with E-state index < -0.39 is 0 Å². The molecule has 0 aromatic heterocycles. The van der Waals surface area contributed by atoms with Crippen LogP contribution in [0.3, 0.4) is 0 Å². The molecule has 1 rings (SSSR count). The lowest BCUT2D eigenvalue weighted by atomic mass is 9.99. The topological polar surface area (TPSA) is 49.4 Å². The predicted molar refractivity (Wildman–Crippen MR) is 72.3 cm³/mol. The highest BCUT2D eigenvalue weighted by Gasteiger charge is 2.23. The zero-order chi connectivity index (χ0) is 13.7. The van der Waals surface area contributed by atoms with Crippen LogP contribution in [0.5, 0.6) is 0 Å². The summed E-state index contributed by atoms with van der Waals surface area (Å²) in [6.45, 7) is 10.1. The third kappa shape index (κ3) is 4.77. The van der Waals surface area contributed by atoms with E-state index in [-0.39, 0.29) is 23.7 Å². The van der Waals surface area contributed by atoms with Crippen LogP contribution < -0.4 is 5.32 Å². The Hall–Kier alpha value is -0.900. The second kappa shape index (κ2) is 6.88. The third-order valence-electron chi connectivity index (χ3n) is 3.66. The molecule has 18 heavy (non-hydrogen) atoms. The summed E-state index contributed by atoms with van der Waals surface area (Å²) in [4.78, 5) is 25.5. The first-order valence-electron chi connectivity index (χ1n) is 6.92. The Bertz CT molecular complexity index is 294. The molecule has 104 valence electrons. The SMILES string of the molecule is CC(=O)C(NC(=O)CN1CCC(C)CC1)C(C)C. The van der Waals surface area contributed by atoms with Crippen molar-refractivity contribution in [2.45, 2.75) is 46.6 Å². The Balaban J connectivity index is 2.38. The fourth-order valence-corrected chi connectivity index (χ4v) is 2.38. The number of hydrogen-bond acceptors (Lipinski definition) is 3. The monoisotopic (exact) mass is 254 g/mol. The van der Waals surface area contributed by atoms with Crippen LogP contribution in [-0.4, -0.2) is 42.3 Å². The van der Waals surface area contributed by atoms with E-state index in [4.69, 9.17) is 0 Å². The average Bonchev–Trinajstić information content (AvgIpc) is 2.28. The van der Waals surface area contributed by atoms with Crippen molar-refractivity contribution < 1.29 is 9.59 Å². The van der Waals surface area contributed by atoms with Crippen LogP contribution in [-0.2, 0) is 9.59 Å². The van der Waals surface area contributed by atoms with Gasteiger partial charge in [-0.25, -0.2) is 0 Å². The minimum Gasteiger partial charge on any atom is -0.345 e. The molecule has 0 aromatic carbocycles. The molecule has 1 unspecified atom stereocenters. The molecule has 0 spiro atoms. The van der Waals surface area contributed by atoms with Gasteiger partial charge in [-0.15, -0.1) is 0 Å². The van der Waals surface area contributed by atoms with E-state index in [0.29, 0.717) is 6.54 Å². The summed E-state index contributed by atoms with van der Waals surface area (Å²) < 4.78 is 0. The predicted octanol–water partition coefficient (Wildman–Crippen LogP) is 1.45. The van der Waals surface area contributed by atoms with E-state index in [1.807, 2.05) is 13.8 Å². The van der Waals surface area contributed by atoms with Gasteiger partial charge in [0, 0.05) is 0 Å². The van der Waals surface area contributed by atoms with Crippen LogP contribution in [0.25, 0.3) is 0 Å². The second-order valence-electron chi connectivity index (χ2n) is 5.86. The number of carbonyl (C=O) groups excluding carboxylic acids is 2. The number of hydrogen-bond donors (Lipinski definition) is 1. The van der Waals surface area contributed by atoms with Crippen LogP contribution in [0.15, 0.2) is 0 Å². The average molecular weight is 254 g/mol. The lowest BCUT2D eigenvalue weighted by Crippen LogP contribution is -2.48.